The number of benzene rings is 2. The zero-order valence-electron chi connectivity index (χ0n) is 12.2. The SMILES string of the molecule is CN1C(=O)c2ccccc2C(C(=O)O)C1c1ccc(F)c(F)c1. The van der Waals surface area contributed by atoms with Gasteiger partial charge in [-0.05, 0) is 29.3 Å². The first-order valence-electron chi connectivity index (χ1n) is 6.95. The van der Waals surface area contributed by atoms with E-state index < -0.39 is 29.6 Å². The summed E-state index contributed by atoms with van der Waals surface area (Å²) >= 11 is 0. The molecule has 0 saturated carbocycles. The first kappa shape index (κ1) is 15.1. The van der Waals surface area contributed by atoms with Crippen LogP contribution in [0.4, 0.5) is 8.78 Å². The predicted octanol–water partition coefficient (Wildman–Crippen LogP) is 2.96. The number of carbonyl (C=O) groups excluding carboxylic acids is 1. The molecule has 0 radical (unpaired) electrons. The third kappa shape index (κ3) is 2.36. The Morgan fingerprint density at radius 2 is 1.83 bits per heavy atom. The summed E-state index contributed by atoms with van der Waals surface area (Å²) in [5.41, 5.74) is 0.917. The molecular formula is C17H13F2NO3. The van der Waals surface area contributed by atoms with Crippen molar-refractivity contribution >= 4 is 11.9 Å². The molecule has 2 aromatic rings. The van der Waals surface area contributed by atoms with Crippen LogP contribution in [-0.2, 0) is 4.79 Å². The number of fused-ring (bicyclic) bond motifs is 1. The number of nitrogens with zero attached hydrogens (tertiary/aromatic N) is 1. The van der Waals surface area contributed by atoms with Crippen LogP contribution in [0.1, 0.15) is 33.4 Å². The van der Waals surface area contributed by atoms with Crippen LogP contribution in [0.5, 0.6) is 0 Å². The lowest BCUT2D eigenvalue weighted by molar-refractivity contribution is -0.140. The quantitative estimate of drug-likeness (QED) is 0.926. The molecule has 1 N–H and O–H groups in total. The van der Waals surface area contributed by atoms with Crippen LogP contribution in [0.3, 0.4) is 0 Å². The van der Waals surface area contributed by atoms with Crippen molar-refractivity contribution in [1.29, 1.82) is 0 Å². The predicted molar refractivity (Wildman–Crippen MR) is 78.0 cm³/mol. The zero-order chi connectivity index (χ0) is 16.7. The number of carboxylic acids is 1. The fourth-order valence-corrected chi connectivity index (χ4v) is 3.05. The van der Waals surface area contributed by atoms with E-state index in [1.165, 1.54) is 18.0 Å². The normalized spacial score (nSPS) is 20.3. The Balaban J connectivity index is 2.20. The summed E-state index contributed by atoms with van der Waals surface area (Å²) < 4.78 is 26.7. The van der Waals surface area contributed by atoms with Crippen molar-refractivity contribution in [2.24, 2.45) is 0 Å². The van der Waals surface area contributed by atoms with E-state index >= 15 is 0 Å². The largest absolute Gasteiger partial charge is 0.481 e. The van der Waals surface area contributed by atoms with Crippen LogP contribution in [0, 0.1) is 11.6 Å². The van der Waals surface area contributed by atoms with Crippen LogP contribution in [0.25, 0.3) is 0 Å². The smallest absolute Gasteiger partial charge is 0.313 e. The average molecular weight is 317 g/mol. The summed E-state index contributed by atoms with van der Waals surface area (Å²) in [6.07, 6.45) is 0. The third-order valence-electron chi connectivity index (χ3n) is 4.13. The van der Waals surface area contributed by atoms with Gasteiger partial charge >= 0.3 is 5.97 Å². The Labute approximate surface area is 131 Å². The van der Waals surface area contributed by atoms with Gasteiger partial charge in [-0.25, -0.2) is 8.78 Å². The molecule has 1 heterocycles. The highest BCUT2D eigenvalue weighted by Crippen LogP contribution is 2.42. The molecule has 4 nitrogen and oxygen atoms in total. The first-order valence-corrected chi connectivity index (χ1v) is 6.95. The molecule has 0 aromatic heterocycles. The summed E-state index contributed by atoms with van der Waals surface area (Å²) in [7, 11) is 1.46. The lowest BCUT2D eigenvalue weighted by Gasteiger charge is -2.38. The maximum atomic E-state index is 13.6. The molecule has 118 valence electrons. The van der Waals surface area contributed by atoms with E-state index in [1.807, 2.05) is 0 Å². The number of halogens is 2. The van der Waals surface area contributed by atoms with Crippen molar-refractivity contribution in [3.63, 3.8) is 0 Å². The molecule has 0 saturated heterocycles. The van der Waals surface area contributed by atoms with Gasteiger partial charge < -0.3 is 10.0 Å². The lowest BCUT2D eigenvalue weighted by Crippen LogP contribution is -2.42. The van der Waals surface area contributed by atoms with Crippen molar-refractivity contribution in [3.8, 4) is 0 Å². The van der Waals surface area contributed by atoms with Gasteiger partial charge in [-0.2, -0.15) is 0 Å². The van der Waals surface area contributed by atoms with Crippen molar-refractivity contribution in [2.45, 2.75) is 12.0 Å². The number of carboxylic acid groups (broad SMARTS) is 1. The van der Waals surface area contributed by atoms with Crippen LogP contribution in [0.2, 0.25) is 0 Å². The lowest BCUT2D eigenvalue weighted by atomic mass is 9.80. The number of rotatable bonds is 2. The summed E-state index contributed by atoms with van der Waals surface area (Å²) in [6, 6.07) is 8.70. The van der Waals surface area contributed by atoms with Crippen molar-refractivity contribution in [1.82, 2.24) is 4.90 Å². The number of likely N-dealkylation sites (N-methyl/N-ethyl adjacent to an activating group) is 1. The summed E-state index contributed by atoms with van der Waals surface area (Å²) in [5.74, 6) is -4.64. The standard InChI is InChI=1S/C17H13F2NO3/c1-20-15(9-6-7-12(18)13(19)8-9)14(17(22)23)10-4-2-3-5-11(10)16(20)21/h2-8,14-15H,1H3,(H,22,23). The van der Waals surface area contributed by atoms with E-state index in [0.717, 1.165) is 12.1 Å². The molecular weight excluding hydrogens is 304 g/mol. The molecule has 1 aliphatic rings. The number of amides is 1. The molecule has 2 unspecified atom stereocenters. The van der Waals surface area contributed by atoms with Gasteiger partial charge in [0.25, 0.3) is 5.91 Å². The maximum Gasteiger partial charge on any atom is 0.313 e. The summed E-state index contributed by atoms with van der Waals surface area (Å²) in [4.78, 5) is 25.5. The van der Waals surface area contributed by atoms with E-state index in [4.69, 9.17) is 0 Å². The zero-order valence-corrected chi connectivity index (χ0v) is 12.2. The fourth-order valence-electron chi connectivity index (χ4n) is 3.05. The molecule has 0 fully saturated rings. The second kappa shape index (κ2) is 5.46. The van der Waals surface area contributed by atoms with E-state index in [-0.39, 0.29) is 11.5 Å². The van der Waals surface area contributed by atoms with E-state index in [9.17, 15) is 23.5 Å². The van der Waals surface area contributed by atoms with Crippen LogP contribution in [0.15, 0.2) is 42.5 Å². The molecule has 1 aliphatic heterocycles. The second-order valence-electron chi connectivity index (χ2n) is 5.44. The van der Waals surface area contributed by atoms with Gasteiger partial charge in [-0.1, -0.05) is 24.3 Å². The molecule has 1 amide bonds. The minimum Gasteiger partial charge on any atom is -0.481 e. The Morgan fingerprint density at radius 1 is 1.13 bits per heavy atom. The van der Waals surface area contributed by atoms with E-state index in [2.05, 4.69) is 0 Å². The molecule has 2 aromatic carbocycles. The highest BCUT2D eigenvalue weighted by molar-refractivity contribution is 6.00. The van der Waals surface area contributed by atoms with E-state index in [1.54, 1.807) is 24.3 Å². The average Bonchev–Trinajstić information content (AvgIpc) is 2.53. The third-order valence-corrected chi connectivity index (χ3v) is 4.13. The van der Waals surface area contributed by atoms with Gasteiger partial charge in [0.2, 0.25) is 0 Å². The first-order chi connectivity index (χ1) is 10.9. The highest BCUT2D eigenvalue weighted by Gasteiger charge is 2.42. The number of hydrogen-bond acceptors (Lipinski definition) is 2. The second-order valence-corrected chi connectivity index (χ2v) is 5.44. The molecule has 0 spiro atoms. The van der Waals surface area contributed by atoms with Gasteiger partial charge in [0, 0.05) is 12.6 Å². The Kier molecular flexibility index (Phi) is 3.60. The van der Waals surface area contributed by atoms with Gasteiger partial charge in [-0.3, -0.25) is 9.59 Å². The highest BCUT2D eigenvalue weighted by atomic mass is 19.2. The fraction of sp³-hybridized carbons (Fsp3) is 0.176. The number of hydrogen-bond donors (Lipinski definition) is 1. The summed E-state index contributed by atoms with van der Waals surface area (Å²) in [6.45, 7) is 0. The minimum absolute atomic E-state index is 0.238. The van der Waals surface area contributed by atoms with Gasteiger partial charge in [0.05, 0.1) is 6.04 Å². The van der Waals surface area contributed by atoms with Crippen LogP contribution in [-0.4, -0.2) is 28.9 Å². The van der Waals surface area contributed by atoms with Gasteiger partial charge in [-0.15, -0.1) is 0 Å². The number of aliphatic carboxylic acids is 1. The van der Waals surface area contributed by atoms with Crippen molar-refractivity contribution in [3.05, 3.63) is 70.8 Å². The Morgan fingerprint density at radius 3 is 2.48 bits per heavy atom. The van der Waals surface area contributed by atoms with Crippen LogP contribution < -0.4 is 0 Å². The van der Waals surface area contributed by atoms with Crippen LogP contribution >= 0.6 is 0 Å². The van der Waals surface area contributed by atoms with Gasteiger partial charge in [0.1, 0.15) is 5.92 Å². The Hall–Kier alpha value is -2.76. The molecule has 3 rings (SSSR count). The van der Waals surface area contributed by atoms with Gasteiger partial charge in [0.15, 0.2) is 11.6 Å². The molecule has 6 heteroatoms. The molecule has 0 aliphatic carbocycles. The number of carbonyl (C=O) groups is 2. The van der Waals surface area contributed by atoms with Crippen molar-refractivity contribution < 1.29 is 23.5 Å². The van der Waals surface area contributed by atoms with Crippen molar-refractivity contribution in [2.75, 3.05) is 7.05 Å². The molecule has 0 bridgehead atoms. The molecule has 23 heavy (non-hydrogen) atoms. The topological polar surface area (TPSA) is 57.6 Å². The minimum atomic E-state index is -1.13. The monoisotopic (exact) mass is 317 g/mol. The summed E-state index contributed by atoms with van der Waals surface area (Å²) in [5, 5.41) is 9.64. The maximum absolute atomic E-state index is 13.6. The Bertz CT molecular complexity index is 806. The van der Waals surface area contributed by atoms with E-state index in [0.29, 0.717) is 11.1 Å². The molecule has 2 atom stereocenters.